The largest absolute Gasteiger partial charge is 0.371 e. The average Bonchev–Trinajstić information content (AvgIpc) is 2.55. The first-order chi connectivity index (χ1) is 10.3. The summed E-state index contributed by atoms with van der Waals surface area (Å²) in [5.74, 6) is 0. The molecule has 0 fully saturated rings. The van der Waals surface area contributed by atoms with Gasteiger partial charge in [-0.1, -0.05) is 42.5 Å². The Labute approximate surface area is 126 Å². The van der Waals surface area contributed by atoms with Crippen molar-refractivity contribution in [2.75, 3.05) is 18.0 Å². The molecule has 0 aliphatic carbocycles. The highest BCUT2D eigenvalue weighted by Gasteiger charge is 2.25. The van der Waals surface area contributed by atoms with Gasteiger partial charge in [0.25, 0.3) is 0 Å². The van der Waals surface area contributed by atoms with Gasteiger partial charge in [-0.2, -0.15) is 0 Å². The summed E-state index contributed by atoms with van der Waals surface area (Å²) < 4.78 is 0. The highest BCUT2D eigenvalue weighted by molar-refractivity contribution is 5.64. The Hall–Kier alpha value is -1.80. The molecule has 1 unspecified atom stereocenters. The molecule has 2 aromatic carbocycles. The van der Waals surface area contributed by atoms with Crippen LogP contribution in [0.2, 0.25) is 0 Å². The molecule has 0 amide bonds. The summed E-state index contributed by atoms with van der Waals surface area (Å²) in [6.45, 7) is 2.45. The molecule has 21 heavy (non-hydrogen) atoms. The molecule has 2 N–H and O–H groups in total. The van der Waals surface area contributed by atoms with Crippen LogP contribution in [0.3, 0.4) is 0 Å². The molecule has 0 saturated heterocycles. The lowest BCUT2D eigenvalue weighted by atomic mass is 9.87. The Kier molecular flexibility index (Phi) is 3.19. The normalized spacial score (nSPS) is 18.2. The molecule has 0 bridgehead atoms. The number of rotatable bonds is 2. The van der Waals surface area contributed by atoms with E-state index in [0.717, 1.165) is 0 Å². The third kappa shape index (κ3) is 2.24. The standard InChI is InChI=1S/C19H22N2/c20-18(14-6-2-1-3-7-14)17-12-15-8-4-10-21-11-5-9-16(13-17)19(15)21/h1-3,6-7,12-13,18H,4-5,8-11,20H2. The van der Waals surface area contributed by atoms with E-state index in [0.29, 0.717) is 0 Å². The van der Waals surface area contributed by atoms with Gasteiger partial charge in [0, 0.05) is 18.8 Å². The van der Waals surface area contributed by atoms with Crippen LogP contribution >= 0.6 is 0 Å². The van der Waals surface area contributed by atoms with E-state index in [9.17, 15) is 0 Å². The number of aryl methyl sites for hydroxylation is 2. The molecule has 2 nitrogen and oxygen atoms in total. The van der Waals surface area contributed by atoms with E-state index in [4.69, 9.17) is 5.73 Å². The Morgan fingerprint density at radius 1 is 0.857 bits per heavy atom. The van der Waals surface area contributed by atoms with Crippen LogP contribution in [0, 0.1) is 0 Å². The Morgan fingerprint density at radius 3 is 2.10 bits per heavy atom. The van der Waals surface area contributed by atoms with Crippen LogP contribution < -0.4 is 10.6 Å². The van der Waals surface area contributed by atoms with Gasteiger partial charge in [0.15, 0.2) is 0 Å². The van der Waals surface area contributed by atoms with E-state index in [1.54, 1.807) is 0 Å². The lowest BCUT2D eigenvalue weighted by molar-refractivity contribution is 0.631. The van der Waals surface area contributed by atoms with Crippen LogP contribution in [0.25, 0.3) is 0 Å². The molecule has 108 valence electrons. The van der Waals surface area contributed by atoms with E-state index in [1.165, 1.54) is 66.7 Å². The van der Waals surface area contributed by atoms with E-state index in [-0.39, 0.29) is 6.04 Å². The van der Waals surface area contributed by atoms with Crippen molar-refractivity contribution in [2.24, 2.45) is 5.73 Å². The highest BCUT2D eigenvalue weighted by atomic mass is 15.1. The zero-order valence-corrected chi connectivity index (χ0v) is 12.4. The number of anilines is 1. The third-order valence-corrected chi connectivity index (χ3v) is 4.87. The quantitative estimate of drug-likeness (QED) is 0.912. The minimum Gasteiger partial charge on any atom is -0.371 e. The topological polar surface area (TPSA) is 29.3 Å². The van der Waals surface area contributed by atoms with Gasteiger partial charge in [0.1, 0.15) is 0 Å². The van der Waals surface area contributed by atoms with Crippen molar-refractivity contribution in [1.29, 1.82) is 0 Å². The zero-order valence-electron chi connectivity index (χ0n) is 12.4. The summed E-state index contributed by atoms with van der Waals surface area (Å²) >= 11 is 0. The van der Waals surface area contributed by atoms with Gasteiger partial charge < -0.3 is 10.6 Å². The number of hydrogen-bond acceptors (Lipinski definition) is 2. The highest BCUT2D eigenvalue weighted by Crippen LogP contribution is 2.37. The second-order valence-electron chi connectivity index (χ2n) is 6.27. The maximum atomic E-state index is 6.51. The molecule has 0 saturated carbocycles. The fourth-order valence-corrected chi connectivity index (χ4v) is 3.86. The van der Waals surface area contributed by atoms with Gasteiger partial charge in [0.05, 0.1) is 6.04 Å². The summed E-state index contributed by atoms with van der Waals surface area (Å²) in [6.07, 6.45) is 4.95. The van der Waals surface area contributed by atoms with Gasteiger partial charge >= 0.3 is 0 Å². The molecule has 2 heterocycles. The Morgan fingerprint density at radius 2 is 1.48 bits per heavy atom. The maximum Gasteiger partial charge on any atom is 0.0551 e. The van der Waals surface area contributed by atoms with Crippen molar-refractivity contribution in [1.82, 2.24) is 0 Å². The molecule has 2 heteroatoms. The van der Waals surface area contributed by atoms with Crippen molar-refractivity contribution in [3.05, 3.63) is 64.7 Å². The van der Waals surface area contributed by atoms with Gasteiger partial charge in [-0.25, -0.2) is 0 Å². The van der Waals surface area contributed by atoms with Crippen molar-refractivity contribution >= 4 is 5.69 Å². The number of nitrogens with zero attached hydrogens (tertiary/aromatic N) is 1. The number of benzene rings is 2. The Bertz CT molecular complexity index is 617. The fourth-order valence-electron chi connectivity index (χ4n) is 3.86. The minimum absolute atomic E-state index is 0.00921. The van der Waals surface area contributed by atoms with Crippen LogP contribution in [0.4, 0.5) is 5.69 Å². The number of hydrogen-bond donors (Lipinski definition) is 1. The van der Waals surface area contributed by atoms with E-state index < -0.39 is 0 Å². The molecule has 0 spiro atoms. The SMILES string of the molecule is NC(c1ccccc1)c1cc2c3c(c1)CCCN3CCC2. The minimum atomic E-state index is -0.00921. The first-order valence-corrected chi connectivity index (χ1v) is 8.04. The van der Waals surface area contributed by atoms with Crippen LogP contribution in [-0.2, 0) is 12.8 Å². The van der Waals surface area contributed by atoms with Crippen LogP contribution in [0.1, 0.15) is 41.1 Å². The maximum absolute atomic E-state index is 6.51. The van der Waals surface area contributed by atoms with Gasteiger partial charge in [-0.05, 0) is 47.9 Å². The smallest absolute Gasteiger partial charge is 0.0551 e. The monoisotopic (exact) mass is 278 g/mol. The van der Waals surface area contributed by atoms with Crippen LogP contribution in [-0.4, -0.2) is 13.1 Å². The first kappa shape index (κ1) is 12.9. The first-order valence-electron chi connectivity index (χ1n) is 8.04. The second kappa shape index (κ2) is 5.19. The predicted molar refractivity (Wildman–Crippen MR) is 87.8 cm³/mol. The lowest BCUT2D eigenvalue weighted by Crippen LogP contribution is -2.34. The Balaban J connectivity index is 1.78. The van der Waals surface area contributed by atoms with Gasteiger partial charge in [-0.3, -0.25) is 0 Å². The van der Waals surface area contributed by atoms with Crippen molar-refractivity contribution < 1.29 is 0 Å². The van der Waals surface area contributed by atoms with E-state index >= 15 is 0 Å². The summed E-state index contributed by atoms with van der Waals surface area (Å²) in [7, 11) is 0. The fraction of sp³-hybridized carbons (Fsp3) is 0.368. The molecular weight excluding hydrogens is 256 g/mol. The van der Waals surface area contributed by atoms with Gasteiger partial charge in [0.2, 0.25) is 0 Å². The molecule has 0 aromatic heterocycles. The molecule has 4 rings (SSSR count). The lowest BCUT2D eigenvalue weighted by Gasteiger charge is -2.37. The average molecular weight is 278 g/mol. The van der Waals surface area contributed by atoms with E-state index in [1.807, 2.05) is 6.07 Å². The van der Waals surface area contributed by atoms with Crippen LogP contribution in [0.5, 0.6) is 0 Å². The molecule has 1 atom stereocenters. The molecular formula is C19H22N2. The summed E-state index contributed by atoms with van der Waals surface area (Å²) in [5.41, 5.74) is 13.5. The molecule has 2 aromatic rings. The van der Waals surface area contributed by atoms with Gasteiger partial charge in [-0.15, -0.1) is 0 Å². The third-order valence-electron chi connectivity index (χ3n) is 4.87. The van der Waals surface area contributed by atoms with Crippen molar-refractivity contribution in [2.45, 2.75) is 31.7 Å². The number of nitrogens with two attached hydrogens (primary N) is 1. The predicted octanol–water partition coefficient (Wildman–Crippen LogP) is 3.43. The van der Waals surface area contributed by atoms with Crippen molar-refractivity contribution in [3.63, 3.8) is 0 Å². The summed E-state index contributed by atoms with van der Waals surface area (Å²) in [4.78, 5) is 2.58. The molecule has 2 aliphatic rings. The molecule has 0 radical (unpaired) electrons. The summed E-state index contributed by atoms with van der Waals surface area (Å²) in [5, 5.41) is 0. The van der Waals surface area contributed by atoms with Crippen LogP contribution in [0.15, 0.2) is 42.5 Å². The van der Waals surface area contributed by atoms with E-state index in [2.05, 4.69) is 41.3 Å². The van der Waals surface area contributed by atoms with Crippen molar-refractivity contribution in [3.8, 4) is 0 Å². The molecule has 2 aliphatic heterocycles. The zero-order chi connectivity index (χ0) is 14.2. The summed E-state index contributed by atoms with van der Waals surface area (Å²) in [6, 6.07) is 15.1. The second-order valence-corrected chi connectivity index (χ2v) is 6.27.